The number of carbonyl (C=O) groups is 1. The highest BCUT2D eigenvalue weighted by molar-refractivity contribution is 5.85. The number of nitrogens with one attached hydrogen (secondary N) is 1. The van der Waals surface area contributed by atoms with Crippen molar-refractivity contribution in [2.45, 2.75) is 65.5 Å². The third-order valence-corrected chi connectivity index (χ3v) is 10.0. The number of esters is 1. The van der Waals surface area contributed by atoms with Gasteiger partial charge in [-0.25, -0.2) is 9.97 Å². The molecule has 0 aliphatic carbocycles. The van der Waals surface area contributed by atoms with Crippen LogP contribution in [0.5, 0.6) is 11.5 Å². The SMILES string of the molecule is Cc1c(-c2nc3cc(COC(=O)[C@@H]4CCCN4)c(OC(F)F)cc3o2)cccc1-c1cccc(-c2nc3cc(CN4CCC4)c(OC(F)F)cc3o2)c1C. The Morgan fingerprint density at radius 2 is 1.33 bits per heavy atom. The quantitative estimate of drug-likeness (QED) is 0.0964. The van der Waals surface area contributed by atoms with E-state index in [9.17, 15) is 22.4 Å². The van der Waals surface area contributed by atoms with Crippen molar-refractivity contribution in [2.75, 3.05) is 19.6 Å². The molecule has 280 valence electrons. The summed E-state index contributed by atoms with van der Waals surface area (Å²) in [6.45, 7) is 0.507. The van der Waals surface area contributed by atoms with Gasteiger partial charge in [-0.3, -0.25) is 9.69 Å². The summed E-state index contributed by atoms with van der Waals surface area (Å²) in [6, 6.07) is 17.1. The molecule has 2 aliphatic heterocycles. The van der Waals surface area contributed by atoms with Gasteiger partial charge in [-0.05, 0) is 99.3 Å². The molecule has 0 spiro atoms. The van der Waals surface area contributed by atoms with Gasteiger partial charge >= 0.3 is 19.2 Å². The average Bonchev–Trinajstić information content (AvgIpc) is 3.89. The molecule has 0 saturated carbocycles. The number of likely N-dealkylation sites (tertiary alicyclic amines) is 1. The van der Waals surface area contributed by atoms with Crippen LogP contribution in [0.3, 0.4) is 0 Å². The maximum Gasteiger partial charge on any atom is 0.387 e. The molecule has 4 heterocycles. The molecular formula is C40H36F4N4O6. The third-order valence-electron chi connectivity index (χ3n) is 10.0. The molecule has 14 heteroatoms. The minimum atomic E-state index is -3.10. The molecule has 8 rings (SSSR count). The topological polar surface area (TPSA) is 112 Å². The number of oxazole rings is 2. The lowest BCUT2D eigenvalue weighted by molar-refractivity contribution is -0.147. The summed E-state index contributed by atoms with van der Waals surface area (Å²) < 4.78 is 80.8. The molecule has 0 unspecified atom stereocenters. The van der Waals surface area contributed by atoms with Crippen LogP contribution in [0.4, 0.5) is 17.6 Å². The van der Waals surface area contributed by atoms with Crippen LogP contribution < -0.4 is 14.8 Å². The molecule has 2 saturated heterocycles. The number of hydrogen-bond donors (Lipinski definition) is 1. The van der Waals surface area contributed by atoms with Crippen molar-refractivity contribution in [3.63, 3.8) is 0 Å². The number of hydrogen-bond acceptors (Lipinski definition) is 10. The predicted molar refractivity (Wildman–Crippen MR) is 191 cm³/mol. The number of aromatic nitrogens is 2. The molecule has 6 aromatic rings. The summed E-state index contributed by atoms with van der Waals surface area (Å²) in [5.74, 6) is 0.0389. The molecule has 0 radical (unpaired) electrons. The van der Waals surface area contributed by atoms with Crippen LogP contribution in [0.25, 0.3) is 56.2 Å². The first-order valence-electron chi connectivity index (χ1n) is 17.7. The molecule has 10 nitrogen and oxygen atoms in total. The molecule has 0 bridgehead atoms. The van der Waals surface area contributed by atoms with Crippen LogP contribution in [0.2, 0.25) is 0 Å². The summed E-state index contributed by atoms with van der Waals surface area (Å²) in [4.78, 5) is 24.1. The molecule has 2 aliphatic rings. The molecule has 1 atom stereocenters. The van der Waals surface area contributed by atoms with Gasteiger partial charge < -0.3 is 28.4 Å². The number of fused-ring (bicyclic) bond motifs is 2. The van der Waals surface area contributed by atoms with Crippen LogP contribution in [-0.2, 0) is 22.7 Å². The number of alkyl halides is 4. The normalized spacial score (nSPS) is 16.1. The molecule has 54 heavy (non-hydrogen) atoms. The first-order valence-corrected chi connectivity index (χ1v) is 17.7. The van der Waals surface area contributed by atoms with Gasteiger partial charge in [-0.1, -0.05) is 24.3 Å². The van der Waals surface area contributed by atoms with Crippen LogP contribution in [0.15, 0.2) is 69.5 Å². The second-order valence-electron chi connectivity index (χ2n) is 13.5. The van der Waals surface area contributed by atoms with Crippen LogP contribution in [0, 0.1) is 13.8 Å². The Labute approximate surface area is 307 Å². The molecule has 2 fully saturated rings. The van der Waals surface area contributed by atoms with E-state index in [1.807, 2.05) is 50.2 Å². The standard InChI is InChI=1S/C40H36F4N4O6/c1-21-25(7-3-9-27(21)36-46-30-15-23(19-48-13-6-14-48)32(53-39(41)42)17-34(30)51-36)26-8-4-10-28(22(26)2)37-47-31-16-24(20-50-38(49)29-11-5-12-45-29)33(54-40(43)44)18-35(31)52-37/h3-4,7-10,15-18,29,39-40,45H,5-6,11-14,19-20H2,1-2H3/t29-/m0/s1. The van der Waals surface area contributed by atoms with Gasteiger partial charge in [0.15, 0.2) is 11.2 Å². The number of carbonyl (C=O) groups excluding carboxylic acids is 1. The van der Waals surface area contributed by atoms with Crippen molar-refractivity contribution in [1.82, 2.24) is 20.2 Å². The van der Waals surface area contributed by atoms with E-state index in [2.05, 4.69) is 15.2 Å². The van der Waals surface area contributed by atoms with Gasteiger partial charge in [-0.2, -0.15) is 17.6 Å². The molecule has 4 aromatic carbocycles. The highest BCUT2D eigenvalue weighted by atomic mass is 19.3. The van der Waals surface area contributed by atoms with E-state index in [1.165, 1.54) is 18.2 Å². The monoisotopic (exact) mass is 744 g/mol. The maximum absolute atomic E-state index is 13.4. The van der Waals surface area contributed by atoms with Crippen molar-refractivity contribution < 1.29 is 45.4 Å². The molecule has 2 aromatic heterocycles. The summed E-state index contributed by atoms with van der Waals surface area (Å²) >= 11 is 0. The fourth-order valence-electron chi connectivity index (χ4n) is 7.11. The lowest BCUT2D eigenvalue weighted by atomic mass is 9.91. The van der Waals surface area contributed by atoms with Gasteiger partial charge in [0, 0.05) is 40.9 Å². The summed E-state index contributed by atoms with van der Waals surface area (Å²) in [5.41, 5.74) is 7.20. The highest BCUT2D eigenvalue weighted by Gasteiger charge is 2.26. The van der Waals surface area contributed by atoms with Crippen molar-refractivity contribution in [2.24, 2.45) is 0 Å². The Balaban J connectivity index is 1.11. The van der Waals surface area contributed by atoms with Crippen molar-refractivity contribution in [3.8, 4) is 45.5 Å². The number of halogens is 4. The van der Waals surface area contributed by atoms with Crippen molar-refractivity contribution in [1.29, 1.82) is 0 Å². The predicted octanol–water partition coefficient (Wildman–Crippen LogP) is 8.79. The minimum absolute atomic E-state index is 0.0681. The van der Waals surface area contributed by atoms with E-state index in [4.69, 9.17) is 28.0 Å². The number of nitrogens with zero attached hydrogens (tertiary/aromatic N) is 3. The number of rotatable bonds is 12. The van der Waals surface area contributed by atoms with Crippen molar-refractivity contribution in [3.05, 3.63) is 82.9 Å². The van der Waals surface area contributed by atoms with Gasteiger partial charge in [0.25, 0.3) is 0 Å². The molecule has 1 N–H and O–H groups in total. The van der Waals surface area contributed by atoms with E-state index < -0.39 is 25.2 Å². The van der Waals surface area contributed by atoms with E-state index >= 15 is 0 Å². The van der Waals surface area contributed by atoms with Gasteiger partial charge in [-0.15, -0.1) is 0 Å². The van der Waals surface area contributed by atoms with Crippen molar-refractivity contribution >= 4 is 28.2 Å². The third kappa shape index (κ3) is 7.10. The number of benzene rings is 4. The maximum atomic E-state index is 13.4. The Kier molecular flexibility index (Phi) is 9.71. The highest BCUT2D eigenvalue weighted by Crippen LogP contribution is 2.39. The first-order chi connectivity index (χ1) is 26.1. The lowest BCUT2D eigenvalue weighted by Crippen LogP contribution is -2.36. The van der Waals surface area contributed by atoms with E-state index in [0.29, 0.717) is 53.1 Å². The summed E-state index contributed by atoms with van der Waals surface area (Å²) in [6.07, 6.45) is 2.56. The number of ether oxygens (including phenoxy) is 3. The van der Waals surface area contributed by atoms with Gasteiger partial charge in [0.1, 0.15) is 35.2 Å². The molecule has 0 amide bonds. The Bertz CT molecular complexity index is 2350. The molecular weight excluding hydrogens is 708 g/mol. The van der Waals surface area contributed by atoms with E-state index in [-0.39, 0.29) is 35.1 Å². The second kappa shape index (κ2) is 14.7. The zero-order chi connectivity index (χ0) is 37.5. The van der Waals surface area contributed by atoms with Crippen LogP contribution >= 0.6 is 0 Å². The Morgan fingerprint density at radius 1 is 0.796 bits per heavy atom. The van der Waals surface area contributed by atoms with E-state index in [0.717, 1.165) is 53.7 Å². The smallest absolute Gasteiger partial charge is 0.387 e. The van der Waals surface area contributed by atoms with Gasteiger partial charge in [0.05, 0.1) is 0 Å². The van der Waals surface area contributed by atoms with Gasteiger partial charge in [0.2, 0.25) is 11.8 Å². The first kappa shape index (κ1) is 35.6. The largest absolute Gasteiger partial charge is 0.460 e. The zero-order valence-corrected chi connectivity index (χ0v) is 29.5. The van der Waals surface area contributed by atoms with E-state index in [1.54, 1.807) is 6.07 Å². The lowest BCUT2D eigenvalue weighted by Gasteiger charge is -2.31. The van der Waals surface area contributed by atoms with Crippen LogP contribution in [-0.4, -0.2) is 59.7 Å². The fraction of sp³-hybridized carbons (Fsp3) is 0.325. The summed E-state index contributed by atoms with van der Waals surface area (Å²) in [5, 5.41) is 3.06. The Morgan fingerprint density at radius 3 is 1.83 bits per heavy atom. The zero-order valence-electron chi connectivity index (χ0n) is 29.5. The Hall–Kier alpha value is -5.47. The second-order valence-corrected chi connectivity index (χ2v) is 13.5. The fourth-order valence-corrected chi connectivity index (χ4v) is 7.11. The summed E-state index contributed by atoms with van der Waals surface area (Å²) in [7, 11) is 0. The minimum Gasteiger partial charge on any atom is -0.460 e. The average molecular weight is 745 g/mol. The van der Waals surface area contributed by atoms with Crippen LogP contribution in [0.1, 0.15) is 41.5 Å².